The van der Waals surface area contributed by atoms with Crippen LogP contribution in [0.25, 0.3) is 0 Å². The second kappa shape index (κ2) is 13.0. The lowest BCUT2D eigenvalue weighted by Crippen LogP contribution is -2.38. The number of amides is 1. The van der Waals surface area contributed by atoms with E-state index < -0.39 is 0 Å². The molecule has 24 heavy (non-hydrogen) atoms. The van der Waals surface area contributed by atoms with E-state index in [0.717, 1.165) is 42.8 Å². The van der Waals surface area contributed by atoms with Crippen LogP contribution in [0.3, 0.4) is 0 Å². The third kappa shape index (κ3) is 9.67. The molecule has 0 unspecified atom stereocenters. The number of halogens is 1. The molecule has 0 aliphatic heterocycles. The van der Waals surface area contributed by atoms with Gasteiger partial charge in [-0.1, -0.05) is 18.5 Å². The summed E-state index contributed by atoms with van der Waals surface area (Å²) in [5, 5.41) is 10.1. The van der Waals surface area contributed by atoms with Gasteiger partial charge in [0.15, 0.2) is 5.96 Å². The van der Waals surface area contributed by atoms with E-state index in [1.165, 1.54) is 4.90 Å². The summed E-state index contributed by atoms with van der Waals surface area (Å²) >= 11 is 7.63. The molecule has 7 heteroatoms. The molecule has 0 bridgehead atoms. The largest absolute Gasteiger partial charge is 0.357 e. The van der Waals surface area contributed by atoms with Gasteiger partial charge in [-0.3, -0.25) is 9.79 Å². The Labute approximate surface area is 154 Å². The van der Waals surface area contributed by atoms with E-state index in [1.807, 2.05) is 38.1 Å². The first-order valence-electron chi connectivity index (χ1n) is 8.33. The third-order valence-corrected chi connectivity index (χ3v) is 4.27. The molecule has 0 spiro atoms. The van der Waals surface area contributed by atoms with Crippen molar-refractivity contribution in [1.29, 1.82) is 0 Å². The first kappa shape index (κ1) is 20.6. The van der Waals surface area contributed by atoms with Crippen molar-refractivity contribution >= 4 is 35.2 Å². The molecule has 5 nitrogen and oxygen atoms in total. The molecule has 0 aliphatic rings. The molecule has 0 fully saturated rings. The van der Waals surface area contributed by atoms with Crippen molar-refractivity contribution in [3.63, 3.8) is 0 Å². The molecule has 1 amide bonds. The fourth-order valence-corrected chi connectivity index (χ4v) is 2.73. The van der Waals surface area contributed by atoms with Crippen LogP contribution in [0.2, 0.25) is 5.02 Å². The molecule has 1 aromatic carbocycles. The van der Waals surface area contributed by atoms with Crippen molar-refractivity contribution in [2.45, 2.75) is 31.6 Å². The van der Waals surface area contributed by atoms with Crippen LogP contribution in [0.1, 0.15) is 26.7 Å². The minimum atomic E-state index is 0.0507. The van der Waals surface area contributed by atoms with Gasteiger partial charge in [0.25, 0.3) is 0 Å². The van der Waals surface area contributed by atoms with Gasteiger partial charge < -0.3 is 16.0 Å². The van der Waals surface area contributed by atoms with Crippen molar-refractivity contribution in [3.05, 3.63) is 29.3 Å². The van der Waals surface area contributed by atoms with Gasteiger partial charge in [-0.2, -0.15) is 0 Å². The Hall–Kier alpha value is -1.40. The Bertz CT molecular complexity index is 508. The molecule has 1 rings (SSSR count). The Balaban J connectivity index is 2.27. The second-order valence-electron chi connectivity index (χ2n) is 5.09. The highest BCUT2D eigenvalue weighted by atomic mass is 35.5. The quantitative estimate of drug-likeness (QED) is 0.256. The molecule has 1 aromatic rings. The predicted molar refractivity (Wildman–Crippen MR) is 104 cm³/mol. The number of benzene rings is 1. The van der Waals surface area contributed by atoms with Gasteiger partial charge in [-0.15, -0.1) is 11.8 Å². The summed E-state index contributed by atoms with van der Waals surface area (Å²) in [7, 11) is 0. The van der Waals surface area contributed by atoms with E-state index >= 15 is 0 Å². The van der Waals surface area contributed by atoms with Gasteiger partial charge in [0.05, 0.1) is 6.54 Å². The zero-order valence-electron chi connectivity index (χ0n) is 14.4. The lowest BCUT2D eigenvalue weighted by Gasteiger charge is -2.11. The molecular formula is C17H27ClN4OS. The molecule has 0 radical (unpaired) electrons. The number of rotatable bonds is 10. The standard InChI is InChI=1S/C17H27ClN4OS/c1-3-10-20-16(23)9-11-21-17(19-4-2)22-12-13-24-15-7-5-14(18)6-8-15/h5-8H,3-4,9-13H2,1-2H3,(H,20,23)(H2,19,21,22). The van der Waals surface area contributed by atoms with Crippen LogP contribution < -0.4 is 16.0 Å². The minimum absolute atomic E-state index is 0.0507. The summed E-state index contributed by atoms with van der Waals surface area (Å²) in [6, 6.07) is 7.82. The van der Waals surface area contributed by atoms with Crippen molar-refractivity contribution in [1.82, 2.24) is 16.0 Å². The highest BCUT2D eigenvalue weighted by Crippen LogP contribution is 2.19. The number of carbonyl (C=O) groups is 1. The molecule has 0 atom stereocenters. The maximum Gasteiger partial charge on any atom is 0.221 e. The summed E-state index contributed by atoms with van der Waals surface area (Å²) in [4.78, 5) is 17.2. The van der Waals surface area contributed by atoms with Crippen LogP contribution in [0.15, 0.2) is 34.2 Å². The van der Waals surface area contributed by atoms with Crippen LogP contribution in [-0.2, 0) is 4.79 Å². The van der Waals surface area contributed by atoms with Crippen LogP contribution >= 0.6 is 23.4 Å². The zero-order chi connectivity index (χ0) is 17.6. The Morgan fingerprint density at radius 3 is 2.54 bits per heavy atom. The zero-order valence-corrected chi connectivity index (χ0v) is 16.0. The Morgan fingerprint density at radius 1 is 1.12 bits per heavy atom. The first-order valence-corrected chi connectivity index (χ1v) is 9.69. The van der Waals surface area contributed by atoms with E-state index in [2.05, 4.69) is 20.9 Å². The van der Waals surface area contributed by atoms with Crippen LogP contribution in [0.4, 0.5) is 0 Å². The monoisotopic (exact) mass is 370 g/mol. The maximum atomic E-state index is 11.5. The Kier molecular flexibility index (Phi) is 11.1. The normalized spacial score (nSPS) is 11.2. The number of guanidine groups is 1. The molecule has 0 heterocycles. The number of nitrogens with zero attached hydrogens (tertiary/aromatic N) is 1. The van der Waals surface area contributed by atoms with E-state index in [4.69, 9.17) is 11.6 Å². The summed E-state index contributed by atoms with van der Waals surface area (Å²) in [5.41, 5.74) is 0. The van der Waals surface area contributed by atoms with Gasteiger partial charge in [-0.05, 0) is 37.6 Å². The van der Waals surface area contributed by atoms with Gasteiger partial charge in [0.2, 0.25) is 5.91 Å². The van der Waals surface area contributed by atoms with E-state index in [9.17, 15) is 4.79 Å². The number of aliphatic imine (C=N–C) groups is 1. The molecule has 0 saturated carbocycles. The van der Waals surface area contributed by atoms with Crippen molar-refractivity contribution in [2.75, 3.05) is 31.9 Å². The molecular weight excluding hydrogens is 344 g/mol. The number of thioether (sulfide) groups is 1. The van der Waals surface area contributed by atoms with E-state index in [0.29, 0.717) is 13.0 Å². The number of hydrogen-bond donors (Lipinski definition) is 3. The summed E-state index contributed by atoms with van der Waals surface area (Å²) in [6.45, 7) is 6.85. The molecule has 0 saturated heterocycles. The third-order valence-electron chi connectivity index (χ3n) is 3.00. The number of hydrogen-bond acceptors (Lipinski definition) is 3. The second-order valence-corrected chi connectivity index (χ2v) is 6.69. The lowest BCUT2D eigenvalue weighted by atomic mass is 10.4. The first-order chi connectivity index (χ1) is 11.7. The average molecular weight is 371 g/mol. The molecule has 134 valence electrons. The van der Waals surface area contributed by atoms with E-state index in [-0.39, 0.29) is 5.91 Å². The summed E-state index contributed by atoms with van der Waals surface area (Å²) in [5.74, 6) is 1.72. The Morgan fingerprint density at radius 2 is 1.88 bits per heavy atom. The van der Waals surface area contributed by atoms with Crippen LogP contribution in [0, 0.1) is 0 Å². The number of carbonyl (C=O) groups excluding carboxylic acids is 1. The average Bonchev–Trinajstić information content (AvgIpc) is 2.58. The van der Waals surface area contributed by atoms with E-state index in [1.54, 1.807) is 11.8 Å². The van der Waals surface area contributed by atoms with Crippen molar-refractivity contribution in [3.8, 4) is 0 Å². The highest BCUT2D eigenvalue weighted by molar-refractivity contribution is 7.99. The van der Waals surface area contributed by atoms with Crippen LogP contribution in [-0.4, -0.2) is 43.8 Å². The fraction of sp³-hybridized carbons (Fsp3) is 0.529. The topological polar surface area (TPSA) is 65.5 Å². The summed E-state index contributed by atoms with van der Waals surface area (Å²) in [6.07, 6.45) is 1.36. The highest BCUT2D eigenvalue weighted by Gasteiger charge is 2.01. The lowest BCUT2D eigenvalue weighted by molar-refractivity contribution is -0.120. The maximum absolute atomic E-state index is 11.5. The van der Waals surface area contributed by atoms with Gasteiger partial charge >= 0.3 is 0 Å². The molecule has 0 aromatic heterocycles. The van der Waals surface area contributed by atoms with Gasteiger partial charge in [0.1, 0.15) is 0 Å². The fourth-order valence-electron chi connectivity index (χ4n) is 1.83. The SMILES string of the molecule is CCCNC(=O)CCN=C(NCC)NCCSc1ccc(Cl)cc1. The van der Waals surface area contributed by atoms with Gasteiger partial charge in [-0.25, -0.2) is 0 Å². The van der Waals surface area contributed by atoms with Crippen molar-refractivity contribution in [2.24, 2.45) is 4.99 Å². The smallest absolute Gasteiger partial charge is 0.221 e. The molecule has 0 aliphatic carbocycles. The van der Waals surface area contributed by atoms with Crippen LogP contribution in [0.5, 0.6) is 0 Å². The van der Waals surface area contributed by atoms with Crippen molar-refractivity contribution < 1.29 is 4.79 Å². The number of nitrogens with one attached hydrogen (secondary N) is 3. The minimum Gasteiger partial charge on any atom is -0.357 e. The predicted octanol–water partition coefficient (Wildman–Crippen LogP) is 2.90. The molecule has 3 N–H and O–H groups in total. The van der Waals surface area contributed by atoms with Gasteiger partial charge in [0, 0.05) is 41.7 Å². The summed E-state index contributed by atoms with van der Waals surface area (Å²) < 4.78 is 0.